The van der Waals surface area contributed by atoms with Crippen LogP contribution in [-0.2, 0) is 10.8 Å². The monoisotopic (exact) mass is 325 g/mol. The smallest absolute Gasteiger partial charge is 0.163 e. The van der Waals surface area contributed by atoms with Gasteiger partial charge in [-0.05, 0) is 43.9 Å². The molecule has 0 spiro atoms. The van der Waals surface area contributed by atoms with Gasteiger partial charge >= 0.3 is 0 Å². The minimum atomic E-state index is -0.0595. The van der Waals surface area contributed by atoms with Gasteiger partial charge in [-0.1, -0.05) is 53.7 Å². The van der Waals surface area contributed by atoms with E-state index in [1.165, 1.54) is 11.1 Å². The summed E-state index contributed by atoms with van der Waals surface area (Å²) in [6.07, 6.45) is 1.99. The Kier molecular flexibility index (Phi) is 5.12. The van der Waals surface area contributed by atoms with Crippen molar-refractivity contribution in [2.75, 3.05) is 0 Å². The third-order valence-corrected chi connectivity index (χ3v) is 5.38. The van der Waals surface area contributed by atoms with Crippen LogP contribution in [0.5, 0.6) is 0 Å². The van der Waals surface area contributed by atoms with Crippen LogP contribution >= 0.6 is 0 Å². The number of rotatable bonds is 5. The van der Waals surface area contributed by atoms with Gasteiger partial charge in [-0.15, -0.1) is 0 Å². The van der Waals surface area contributed by atoms with Crippen LogP contribution in [0.15, 0.2) is 18.2 Å². The Morgan fingerprint density at radius 3 is 1.67 bits per heavy atom. The molecule has 0 fully saturated rings. The van der Waals surface area contributed by atoms with Crippen molar-refractivity contribution in [2.24, 2.45) is 0 Å². The third-order valence-electron chi connectivity index (χ3n) is 5.38. The SMILES string of the molecule is CCC(C)(C)c1nc(-c2ccc(C)c(C)c2)nc(C(C)(C)CC)n1. The summed E-state index contributed by atoms with van der Waals surface area (Å²) >= 11 is 0. The summed E-state index contributed by atoms with van der Waals surface area (Å²) in [6.45, 7) is 17.4. The van der Waals surface area contributed by atoms with Crippen molar-refractivity contribution in [2.45, 2.75) is 79.1 Å². The number of hydrogen-bond acceptors (Lipinski definition) is 3. The Morgan fingerprint density at radius 2 is 1.25 bits per heavy atom. The van der Waals surface area contributed by atoms with Gasteiger partial charge in [0.2, 0.25) is 0 Å². The lowest BCUT2D eigenvalue weighted by atomic mass is 9.87. The fourth-order valence-electron chi connectivity index (χ4n) is 2.31. The molecule has 0 aliphatic rings. The average Bonchev–Trinajstić information content (AvgIpc) is 2.56. The van der Waals surface area contributed by atoms with E-state index in [0.29, 0.717) is 0 Å². The second kappa shape index (κ2) is 6.62. The van der Waals surface area contributed by atoms with Crippen LogP contribution in [0, 0.1) is 13.8 Å². The highest BCUT2D eigenvalue weighted by atomic mass is 15.1. The Bertz CT molecular complexity index is 696. The zero-order valence-corrected chi connectivity index (χ0v) is 16.5. The third kappa shape index (κ3) is 3.66. The molecule has 2 aromatic rings. The summed E-state index contributed by atoms with van der Waals surface area (Å²) in [4.78, 5) is 14.5. The molecule has 2 rings (SSSR count). The molecule has 0 amide bonds. The van der Waals surface area contributed by atoms with Crippen LogP contribution in [-0.4, -0.2) is 15.0 Å². The number of aromatic nitrogens is 3. The minimum absolute atomic E-state index is 0.0595. The second-order valence-electron chi connectivity index (χ2n) is 8.08. The predicted octanol–water partition coefficient (Wildman–Crippen LogP) is 5.53. The first-order chi connectivity index (χ1) is 11.1. The first-order valence-electron chi connectivity index (χ1n) is 8.95. The normalized spacial score (nSPS) is 12.5. The van der Waals surface area contributed by atoms with E-state index >= 15 is 0 Å². The lowest BCUT2D eigenvalue weighted by Gasteiger charge is -2.26. The number of hydrogen-bond donors (Lipinski definition) is 0. The fourth-order valence-corrected chi connectivity index (χ4v) is 2.31. The predicted molar refractivity (Wildman–Crippen MR) is 101 cm³/mol. The zero-order chi connectivity index (χ0) is 18.1. The van der Waals surface area contributed by atoms with Gasteiger partial charge < -0.3 is 0 Å². The molecule has 1 heterocycles. The molecule has 0 atom stereocenters. The van der Waals surface area contributed by atoms with E-state index in [1.807, 2.05) is 0 Å². The highest BCUT2D eigenvalue weighted by molar-refractivity contribution is 5.57. The Hall–Kier alpha value is -1.77. The van der Waals surface area contributed by atoms with Crippen molar-refractivity contribution < 1.29 is 0 Å². The van der Waals surface area contributed by atoms with Crippen LogP contribution < -0.4 is 0 Å². The second-order valence-corrected chi connectivity index (χ2v) is 8.08. The van der Waals surface area contributed by atoms with Crippen molar-refractivity contribution in [1.29, 1.82) is 0 Å². The first-order valence-corrected chi connectivity index (χ1v) is 8.95. The Labute approximate surface area is 147 Å². The first kappa shape index (κ1) is 18.6. The van der Waals surface area contributed by atoms with Gasteiger partial charge in [0.05, 0.1) is 0 Å². The van der Waals surface area contributed by atoms with Crippen LogP contribution in [0.2, 0.25) is 0 Å². The van der Waals surface area contributed by atoms with E-state index in [9.17, 15) is 0 Å². The van der Waals surface area contributed by atoms with Gasteiger partial charge in [0.25, 0.3) is 0 Å². The molecule has 1 aromatic carbocycles. The summed E-state index contributed by atoms with van der Waals surface area (Å²) < 4.78 is 0. The number of benzene rings is 1. The summed E-state index contributed by atoms with van der Waals surface area (Å²) in [5.74, 6) is 2.58. The molecular formula is C21H31N3. The van der Waals surface area contributed by atoms with E-state index in [2.05, 4.69) is 73.6 Å². The topological polar surface area (TPSA) is 38.7 Å². The van der Waals surface area contributed by atoms with E-state index in [-0.39, 0.29) is 10.8 Å². The Balaban J connectivity index is 2.68. The van der Waals surface area contributed by atoms with Crippen LogP contribution in [0.1, 0.15) is 77.2 Å². The molecule has 0 aliphatic carbocycles. The molecule has 0 saturated heterocycles. The Morgan fingerprint density at radius 1 is 0.750 bits per heavy atom. The molecule has 0 aliphatic heterocycles. The van der Waals surface area contributed by atoms with Crippen LogP contribution in [0.25, 0.3) is 11.4 Å². The summed E-state index contributed by atoms with van der Waals surface area (Å²) in [6, 6.07) is 6.43. The zero-order valence-electron chi connectivity index (χ0n) is 16.5. The number of aryl methyl sites for hydroxylation is 2. The summed E-state index contributed by atoms with van der Waals surface area (Å²) in [5, 5.41) is 0. The van der Waals surface area contributed by atoms with Crippen molar-refractivity contribution in [3.8, 4) is 11.4 Å². The maximum Gasteiger partial charge on any atom is 0.163 e. The van der Waals surface area contributed by atoms with E-state index in [4.69, 9.17) is 15.0 Å². The molecule has 24 heavy (non-hydrogen) atoms. The molecule has 0 radical (unpaired) electrons. The van der Waals surface area contributed by atoms with Gasteiger partial charge in [0.15, 0.2) is 5.82 Å². The molecule has 0 N–H and O–H groups in total. The lowest BCUT2D eigenvalue weighted by Crippen LogP contribution is -2.26. The highest BCUT2D eigenvalue weighted by Gasteiger charge is 2.28. The van der Waals surface area contributed by atoms with Gasteiger partial charge in [-0.3, -0.25) is 0 Å². The van der Waals surface area contributed by atoms with Crippen molar-refractivity contribution in [3.63, 3.8) is 0 Å². The van der Waals surface area contributed by atoms with E-state index < -0.39 is 0 Å². The minimum Gasteiger partial charge on any atom is -0.217 e. The van der Waals surface area contributed by atoms with Gasteiger partial charge in [0.1, 0.15) is 11.6 Å². The standard InChI is InChI=1S/C21H31N3/c1-9-20(5,6)18-22-17(16-12-11-14(3)15(4)13-16)23-19(24-18)21(7,8)10-2/h11-13H,9-10H2,1-8H3. The van der Waals surface area contributed by atoms with Crippen LogP contribution in [0.3, 0.4) is 0 Å². The largest absolute Gasteiger partial charge is 0.217 e. The molecule has 130 valence electrons. The van der Waals surface area contributed by atoms with Gasteiger partial charge in [0, 0.05) is 16.4 Å². The highest BCUT2D eigenvalue weighted by Crippen LogP contribution is 2.30. The average molecular weight is 326 g/mol. The molecule has 1 aromatic heterocycles. The van der Waals surface area contributed by atoms with Crippen molar-refractivity contribution in [1.82, 2.24) is 15.0 Å². The molecule has 3 nitrogen and oxygen atoms in total. The lowest BCUT2D eigenvalue weighted by molar-refractivity contribution is 0.434. The van der Waals surface area contributed by atoms with Crippen molar-refractivity contribution >= 4 is 0 Å². The molecular weight excluding hydrogens is 294 g/mol. The fraction of sp³-hybridized carbons (Fsp3) is 0.571. The van der Waals surface area contributed by atoms with Gasteiger partial charge in [-0.25, -0.2) is 15.0 Å². The molecule has 0 unspecified atom stereocenters. The van der Waals surface area contributed by atoms with Crippen LogP contribution in [0.4, 0.5) is 0 Å². The van der Waals surface area contributed by atoms with E-state index in [0.717, 1.165) is 35.9 Å². The van der Waals surface area contributed by atoms with E-state index in [1.54, 1.807) is 0 Å². The summed E-state index contributed by atoms with van der Waals surface area (Å²) in [5.41, 5.74) is 3.50. The van der Waals surface area contributed by atoms with Gasteiger partial charge in [-0.2, -0.15) is 0 Å². The molecule has 3 heteroatoms. The van der Waals surface area contributed by atoms with Crippen molar-refractivity contribution in [3.05, 3.63) is 41.0 Å². The molecule has 0 bridgehead atoms. The summed E-state index contributed by atoms with van der Waals surface area (Å²) in [7, 11) is 0. The molecule has 0 saturated carbocycles. The maximum absolute atomic E-state index is 4.86. The maximum atomic E-state index is 4.86. The number of nitrogens with zero attached hydrogens (tertiary/aromatic N) is 3. The quantitative estimate of drug-likeness (QED) is 0.725.